The SMILES string of the molecule is Cc1cc(F)ccc1C=CCN=[N+]=[N-]. The minimum absolute atomic E-state index is 0.241. The molecule has 4 heteroatoms. The predicted octanol–water partition coefficient (Wildman–Crippen LogP) is 3.46. The molecule has 0 heterocycles. The van der Waals surface area contributed by atoms with E-state index in [-0.39, 0.29) is 5.82 Å². The van der Waals surface area contributed by atoms with Gasteiger partial charge in [-0.15, -0.1) is 0 Å². The summed E-state index contributed by atoms with van der Waals surface area (Å²) in [4.78, 5) is 2.62. The molecule has 0 aromatic heterocycles. The van der Waals surface area contributed by atoms with Crippen molar-refractivity contribution >= 4 is 6.08 Å². The Labute approximate surface area is 81.5 Å². The highest BCUT2D eigenvalue weighted by atomic mass is 19.1. The van der Waals surface area contributed by atoms with Crippen LogP contribution in [0.5, 0.6) is 0 Å². The molecule has 14 heavy (non-hydrogen) atoms. The van der Waals surface area contributed by atoms with Gasteiger partial charge in [0.15, 0.2) is 0 Å². The van der Waals surface area contributed by atoms with Crippen molar-refractivity contribution in [2.75, 3.05) is 6.54 Å². The van der Waals surface area contributed by atoms with Gasteiger partial charge in [0.05, 0.1) is 0 Å². The van der Waals surface area contributed by atoms with Crippen LogP contribution in [-0.4, -0.2) is 6.54 Å². The van der Waals surface area contributed by atoms with Gasteiger partial charge in [-0.05, 0) is 35.7 Å². The summed E-state index contributed by atoms with van der Waals surface area (Å²) >= 11 is 0. The van der Waals surface area contributed by atoms with Crippen molar-refractivity contribution in [1.29, 1.82) is 0 Å². The molecule has 72 valence electrons. The molecular weight excluding hydrogens is 181 g/mol. The maximum Gasteiger partial charge on any atom is 0.123 e. The van der Waals surface area contributed by atoms with Gasteiger partial charge >= 0.3 is 0 Å². The lowest BCUT2D eigenvalue weighted by Gasteiger charge is -1.98. The highest BCUT2D eigenvalue weighted by molar-refractivity contribution is 5.53. The van der Waals surface area contributed by atoms with Gasteiger partial charge in [-0.1, -0.05) is 23.3 Å². The van der Waals surface area contributed by atoms with Gasteiger partial charge in [-0.25, -0.2) is 4.39 Å². The number of aryl methyl sites for hydroxylation is 1. The Morgan fingerprint density at radius 2 is 2.36 bits per heavy atom. The molecule has 0 aliphatic heterocycles. The van der Waals surface area contributed by atoms with E-state index in [1.165, 1.54) is 12.1 Å². The second-order valence-electron chi connectivity index (χ2n) is 2.82. The van der Waals surface area contributed by atoms with Crippen LogP contribution in [0.25, 0.3) is 16.5 Å². The number of nitrogens with zero attached hydrogens (tertiary/aromatic N) is 3. The molecule has 0 saturated carbocycles. The van der Waals surface area contributed by atoms with E-state index in [0.29, 0.717) is 6.54 Å². The maximum atomic E-state index is 12.7. The first-order chi connectivity index (χ1) is 6.74. The molecule has 1 aromatic carbocycles. The largest absolute Gasteiger partial charge is 0.207 e. The van der Waals surface area contributed by atoms with Crippen molar-refractivity contribution < 1.29 is 4.39 Å². The van der Waals surface area contributed by atoms with Crippen LogP contribution >= 0.6 is 0 Å². The molecule has 0 bridgehead atoms. The summed E-state index contributed by atoms with van der Waals surface area (Å²) in [5, 5.41) is 3.35. The van der Waals surface area contributed by atoms with E-state index in [1.54, 1.807) is 12.1 Å². The van der Waals surface area contributed by atoms with Crippen LogP contribution in [0.1, 0.15) is 11.1 Å². The van der Waals surface area contributed by atoms with Crippen molar-refractivity contribution in [3.63, 3.8) is 0 Å². The first-order valence-electron chi connectivity index (χ1n) is 4.17. The van der Waals surface area contributed by atoms with Gasteiger partial charge in [0.2, 0.25) is 0 Å². The molecule has 0 atom stereocenters. The van der Waals surface area contributed by atoms with Gasteiger partial charge in [0.25, 0.3) is 0 Å². The molecule has 0 N–H and O–H groups in total. The normalized spacial score (nSPS) is 10.1. The fourth-order valence-electron chi connectivity index (χ4n) is 1.09. The number of azide groups is 1. The van der Waals surface area contributed by atoms with Gasteiger partial charge in [0, 0.05) is 11.5 Å². The summed E-state index contributed by atoms with van der Waals surface area (Å²) in [6.45, 7) is 2.14. The minimum Gasteiger partial charge on any atom is -0.207 e. The molecule has 1 rings (SSSR count). The van der Waals surface area contributed by atoms with Gasteiger partial charge in [-0.3, -0.25) is 0 Å². The lowest BCUT2D eigenvalue weighted by Crippen LogP contribution is -1.82. The second kappa shape index (κ2) is 5.04. The quantitative estimate of drug-likeness (QED) is 0.399. The molecule has 0 unspecified atom stereocenters. The molecule has 0 fully saturated rings. The van der Waals surface area contributed by atoms with Crippen molar-refractivity contribution in [3.8, 4) is 0 Å². The highest BCUT2D eigenvalue weighted by Gasteiger charge is 1.95. The molecule has 0 aliphatic carbocycles. The maximum absolute atomic E-state index is 12.7. The smallest absolute Gasteiger partial charge is 0.123 e. The lowest BCUT2D eigenvalue weighted by molar-refractivity contribution is 0.626. The molecule has 3 nitrogen and oxygen atoms in total. The molecule has 0 aliphatic rings. The number of halogens is 1. The van der Waals surface area contributed by atoms with E-state index >= 15 is 0 Å². The molecule has 0 spiro atoms. The zero-order valence-electron chi connectivity index (χ0n) is 7.81. The van der Waals surface area contributed by atoms with E-state index in [0.717, 1.165) is 11.1 Å². The van der Waals surface area contributed by atoms with Crippen molar-refractivity contribution in [3.05, 3.63) is 51.7 Å². The molecular formula is C10H10FN3. The number of benzene rings is 1. The third-order valence-corrected chi connectivity index (χ3v) is 1.78. The van der Waals surface area contributed by atoms with Crippen LogP contribution in [0.3, 0.4) is 0 Å². The van der Waals surface area contributed by atoms with Gasteiger partial charge in [-0.2, -0.15) is 0 Å². The third-order valence-electron chi connectivity index (χ3n) is 1.78. The van der Waals surface area contributed by atoms with Crippen LogP contribution in [-0.2, 0) is 0 Å². The topological polar surface area (TPSA) is 48.8 Å². The number of hydrogen-bond donors (Lipinski definition) is 0. The van der Waals surface area contributed by atoms with Crippen LogP contribution in [0.2, 0.25) is 0 Å². The molecule has 0 radical (unpaired) electrons. The monoisotopic (exact) mass is 191 g/mol. The van der Waals surface area contributed by atoms with E-state index < -0.39 is 0 Å². The Bertz CT molecular complexity index is 392. The number of hydrogen-bond acceptors (Lipinski definition) is 1. The number of rotatable bonds is 3. The summed E-state index contributed by atoms with van der Waals surface area (Å²) in [5.74, 6) is -0.241. The van der Waals surface area contributed by atoms with E-state index in [1.807, 2.05) is 13.0 Å². The Kier molecular flexibility index (Phi) is 3.70. The Morgan fingerprint density at radius 3 is 3.00 bits per heavy atom. The standard InChI is InChI=1S/C10H10FN3/c1-8-7-10(11)5-4-9(8)3-2-6-13-14-12/h2-5,7H,6H2,1H3. The fraction of sp³-hybridized carbons (Fsp3) is 0.200. The lowest BCUT2D eigenvalue weighted by atomic mass is 10.1. The average Bonchev–Trinajstić information content (AvgIpc) is 2.15. The molecule has 0 saturated heterocycles. The second-order valence-corrected chi connectivity index (χ2v) is 2.82. The summed E-state index contributed by atoms with van der Waals surface area (Å²) < 4.78 is 12.7. The Hall–Kier alpha value is -1.80. The van der Waals surface area contributed by atoms with E-state index in [2.05, 4.69) is 10.0 Å². The van der Waals surface area contributed by atoms with Gasteiger partial charge in [0.1, 0.15) is 5.82 Å². The molecule has 1 aromatic rings. The third kappa shape index (κ3) is 2.92. The zero-order valence-corrected chi connectivity index (χ0v) is 7.81. The van der Waals surface area contributed by atoms with E-state index in [4.69, 9.17) is 5.53 Å². The van der Waals surface area contributed by atoms with Crippen molar-refractivity contribution in [2.24, 2.45) is 5.11 Å². The summed E-state index contributed by atoms with van der Waals surface area (Å²) in [5.41, 5.74) is 9.82. The van der Waals surface area contributed by atoms with Crippen LogP contribution in [0.15, 0.2) is 29.4 Å². The minimum atomic E-state index is -0.241. The molecule has 0 amide bonds. The first-order valence-corrected chi connectivity index (χ1v) is 4.17. The summed E-state index contributed by atoms with van der Waals surface area (Å²) in [6.07, 6.45) is 3.55. The first kappa shape index (κ1) is 10.3. The fourth-order valence-corrected chi connectivity index (χ4v) is 1.09. The van der Waals surface area contributed by atoms with Crippen LogP contribution in [0.4, 0.5) is 4.39 Å². The van der Waals surface area contributed by atoms with Gasteiger partial charge < -0.3 is 0 Å². The summed E-state index contributed by atoms with van der Waals surface area (Å²) in [6, 6.07) is 4.56. The zero-order chi connectivity index (χ0) is 10.4. The van der Waals surface area contributed by atoms with Crippen LogP contribution in [0, 0.1) is 12.7 Å². The van der Waals surface area contributed by atoms with Crippen LogP contribution < -0.4 is 0 Å². The Morgan fingerprint density at radius 1 is 1.57 bits per heavy atom. The van der Waals surface area contributed by atoms with Crippen molar-refractivity contribution in [2.45, 2.75) is 6.92 Å². The van der Waals surface area contributed by atoms with Crippen molar-refractivity contribution in [1.82, 2.24) is 0 Å². The average molecular weight is 191 g/mol. The van der Waals surface area contributed by atoms with E-state index in [9.17, 15) is 4.39 Å². The Balaban J connectivity index is 2.76. The highest BCUT2D eigenvalue weighted by Crippen LogP contribution is 2.11. The summed E-state index contributed by atoms with van der Waals surface area (Å²) in [7, 11) is 0. The predicted molar refractivity (Wildman–Crippen MR) is 54.2 cm³/mol.